The molecule has 1 radical (unpaired) electrons. The van der Waals surface area contributed by atoms with E-state index in [1.165, 1.54) is 0 Å². The van der Waals surface area contributed by atoms with E-state index in [9.17, 15) is 0 Å². The molecule has 0 saturated heterocycles. The Bertz CT molecular complexity index is 196. The van der Waals surface area contributed by atoms with Crippen molar-refractivity contribution in [1.29, 1.82) is 0 Å². The Hall–Kier alpha value is -0.200. The number of hydrogen-bond donors (Lipinski definition) is 0. The van der Waals surface area contributed by atoms with E-state index in [1.807, 2.05) is 6.07 Å². The number of rotatable bonds is 1. The molecule has 0 aromatic heterocycles. The number of alkyl halides is 1. The van der Waals surface area contributed by atoms with Crippen LogP contribution in [0, 0.1) is 6.07 Å². The van der Waals surface area contributed by atoms with Gasteiger partial charge in [-0.2, -0.15) is 0 Å². The van der Waals surface area contributed by atoms with Crippen molar-refractivity contribution in [2.75, 3.05) is 0 Å². The van der Waals surface area contributed by atoms with Crippen LogP contribution in [0.1, 0.15) is 5.56 Å². The molecule has 0 bridgehead atoms. The summed E-state index contributed by atoms with van der Waals surface area (Å²) in [4.78, 5) is 0. The third-order valence-corrected chi connectivity index (χ3v) is 1.51. The van der Waals surface area contributed by atoms with Crippen molar-refractivity contribution >= 4 is 23.2 Å². The molecule has 0 unspecified atom stereocenters. The summed E-state index contributed by atoms with van der Waals surface area (Å²) in [5, 5.41) is 0.619. The van der Waals surface area contributed by atoms with E-state index in [1.54, 1.807) is 12.1 Å². The van der Waals surface area contributed by atoms with Crippen molar-refractivity contribution < 1.29 is 0 Å². The predicted molar refractivity (Wildman–Crippen MR) is 39.8 cm³/mol. The molecule has 0 amide bonds. The summed E-state index contributed by atoms with van der Waals surface area (Å²) < 4.78 is 0. The largest absolute Gasteiger partial charge is 0.122 e. The second-order valence-electron chi connectivity index (χ2n) is 1.68. The summed E-state index contributed by atoms with van der Waals surface area (Å²) >= 11 is 11.1. The molecule has 0 aliphatic heterocycles. The second-order valence-corrected chi connectivity index (χ2v) is 2.35. The quantitative estimate of drug-likeness (QED) is 0.554. The van der Waals surface area contributed by atoms with Gasteiger partial charge in [0.1, 0.15) is 0 Å². The van der Waals surface area contributed by atoms with Crippen molar-refractivity contribution in [2.24, 2.45) is 0 Å². The molecule has 0 aliphatic rings. The molecule has 1 rings (SSSR count). The molecule has 0 aliphatic carbocycles. The standard InChI is InChI=1S/C7H5Cl2/c8-5-6-2-1-3-7(9)4-6/h1-2,4H,5H2. The number of benzene rings is 1. The lowest BCUT2D eigenvalue weighted by Crippen LogP contribution is -1.74. The van der Waals surface area contributed by atoms with Crippen LogP contribution >= 0.6 is 23.2 Å². The minimum atomic E-state index is 0.508. The Morgan fingerprint density at radius 1 is 1.56 bits per heavy atom. The highest BCUT2D eigenvalue weighted by Gasteiger charge is 1.89. The number of hydrogen-bond acceptors (Lipinski definition) is 0. The molecule has 0 atom stereocenters. The maximum atomic E-state index is 5.61. The lowest BCUT2D eigenvalue weighted by atomic mass is 10.2. The van der Waals surface area contributed by atoms with Gasteiger partial charge in [0.2, 0.25) is 0 Å². The van der Waals surface area contributed by atoms with E-state index < -0.39 is 0 Å². The topological polar surface area (TPSA) is 0 Å². The molecule has 0 saturated carbocycles. The van der Waals surface area contributed by atoms with Crippen LogP contribution in [0.25, 0.3) is 0 Å². The minimum absolute atomic E-state index is 0.508. The Labute approximate surface area is 64.4 Å². The first-order valence-electron chi connectivity index (χ1n) is 2.55. The van der Waals surface area contributed by atoms with Crippen LogP contribution in [0.2, 0.25) is 5.02 Å². The van der Waals surface area contributed by atoms with E-state index in [0.29, 0.717) is 10.9 Å². The third-order valence-electron chi connectivity index (χ3n) is 0.985. The molecule has 0 heterocycles. The third kappa shape index (κ3) is 1.88. The summed E-state index contributed by atoms with van der Waals surface area (Å²) in [6.45, 7) is 0. The van der Waals surface area contributed by atoms with Gasteiger partial charge in [-0.25, -0.2) is 0 Å². The fourth-order valence-electron chi connectivity index (χ4n) is 0.564. The lowest BCUT2D eigenvalue weighted by molar-refractivity contribution is 1.40. The van der Waals surface area contributed by atoms with Crippen LogP contribution in [0.5, 0.6) is 0 Å². The van der Waals surface area contributed by atoms with Crippen molar-refractivity contribution in [3.8, 4) is 0 Å². The minimum Gasteiger partial charge on any atom is -0.122 e. The van der Waals surface area contributed by atoms with Crippen LogP contribution in [-0.4, -0.2) is 0 Å². The van der Waals surface area contributed by atoms with E-state index >= 15 is 0 Å². The van der Waals surface area contributed by atoms with E-state index in [-0.39, 0.29) is 0 Å². The molecule has 47 valence electrons. The molecular weight excluding hydrogens is 155 g/mol. The molecule has 0 nitrogen and oxygen atoms in total. The maximum absolute atomic E-state index is 5.61. The summed E-state index contributed by atoms with van der Waals surface area (Å²) in [6, 6.07) is 8.26. The first-order valence-corrected chi connectivity index (χ1v) is 3.46. The van der Waals surface area contributed by atoms with E-state index in [2.05, 4.69) is 6.07 Å². The van der Waals surface area contributed by atoms with Gasteiger partial charge in [-0.3, -0.25) is 0 Å². The van der Waals surface area contributed by atoms with Crippen molar-refractivity contribution in [3.63, 3.8) is 0 Å². The van der Waals surface area contributed by atoms with E-state index in [0.717, 1.165) is 5.56 Å². The highest BCUT2D eigenvalue weighted by Crippen LogP contribution is 2.10. The molecule has 1 aromatic rings. The number of halogens is 2. The van der Waals surface area contributed by atoms with Crippen molar-refractivity contribution in [1.82, 2.24) is 0 Å². The van der Waals surface area contributed by atoms with Crippen LogP contribution in [0.15, 0.2) is 18.2 Å². The molecule has 2 heteroatoms. The summed E-state index contributed by atoms with van der Waals surface area (Å²) in [6.07, 6.45) is 0. The van der Waals surface area contributed by atoms with Crippen molar-refractivity contribution in [2.45, 2.75) is 5.88 Å². The van der Waals surface area contributed by atoms with Gasteiger partial charge in [0.25, 0.3) is 0 Å². The van der Waals surface area contributed by atoms with Gasteiger partial charge in [0, 0.05) is 17.0 Å². The summed E-state index contributed by atoms with van der Waals surface area (Å²) in [7, 11) is 0. The van der Waals surface area contributed by atoms with Gasteiger partial charge in [0.05, 0.1) is 0 Å². The highest BCUT2D eigenvalue weighted by atomic mass is 35.5. The monoisotopic (exact) mass is 159 g/mol. The smallest absolute Gasteiger partial charge is 0.0488 e. The normalized spacial score (nSPS) is 9.56. The van der Waals surface area contributed by atoms with Gasteiger partial charge in [-0.1, -0.05) is 23.7 Å². The maximum Gasteiger partial charge on any atom is 0.0488 e. The molecule has 9 heavy (non-hydrogen) atoms. The Kier molecular flexibility index (Phi) is 2.38. The van der Waals surface area contributed by atoms with Gasteiger partial charge >= 0.3 is 0 Å². The zero-order valence-electron chi connectivity index (χ0n) is 4.70. The first kappa shape index (κ1) is 6.91. The van der Waals surface area contributed by atoms with Gasteiger partial charge < -0.3 is 0 Å². The van der Waals surface area contributed by atoms with E-state index in [4.69, 9.17) is 23.2 Å². The van der Waals surface area contributed by atoms with Gasteiger partial charge in [-0.15, -0.1) is 11.6 Å². The highest BCUT2D eigenvalue weighted by molar-refractivity contribution is 6.30. The van der Waals surface area contributed by atoms with Crippen LogP contribution in [-0.2, 0) is 5.88 Å². The molecular formula is C7H5Cl2. The zero-order valence-corrected chi connectivity index (χ0v) is 6.21. The summed E-state index contributed by atoms with van der Waals surface area (Å²) in [5.74, 6) is 0.508. The molecule has 0 N–H and O–H groups in total. The van der Waals surface area contributed by atoms with Crippen molar-refractivity contribution in [3.05, 3.63) is 34.9 Å². The Balaban J connectivity index is 2.94. The van der Waals surface area contributed by atoms with Gasteiger partial charge in [0.15, 0.2) is 0 Å². The van der Waals surface area contributed by atoms with Crippen LogP contribution in [0.4, 0.5) is 0 Å². The average Bonchev–Trinajstić information content (AvgIpc) is 1.88. The van der Waals surface area contributed by atoms with Gasteiger partial charge in [-0.05, 0) is 11.6 Å². The second kappa shape index (κ2) is 3.09. The molecule has 0 spiro atoms. The SMILES string of the molecule is ClCc1cc[c]c(Cl)c1. The van der Waals surface area contributed by atoms with Crippen LogP contribution in [0.3, 0.4) is 0 Å². The summed E-state index contributed by atoms with van der Waals surface area (Å²) in [5.41, 5.74) is 1.03. The zero-order chi connectivity index (χ0) is 6.69. The molecule has 0 fully saturated rings. The fourth-order valence-corrected chi connectivity index (χ4v) is 0.933. The fraction of sp³-hybridized carbons (Fsp3) is 0.143. The molecule has 1 aromatic carbocycles. The average molecular weight is 160 g/mol. The lowest BCUT2D eigenvalue weighted by Gasteiger charge is -1.92. The first-order chi connectivity index (χ1) is 4.33. The Morgan fingerprint density at radius 3 is 2.78 bits per heavy atom. The predicted octanol–water partition coefficient (Wildman–Crippen LogP) is 2.88. The van der Waals surface area contributed by atoms with Crippen LogP contribution < -0.4 is 0 Å². The Morgan fingerprint density at radius 2 is 2.33 bits per heavy atom.